The zero-order valence-corrected chi connectivity index (χ0v) is 9.19. The van der Waals surface area contributed by atoms with Crippen molar-refractivity contribution in [1.82, 2.24) is 0 Å². The summed E-state index contributed by atoms with van der Waals surface area (Å²) in [6, 6.07) is 0. The average molecular weight is 288 g/mol. The largest absolute Gasteiger partial charge is 0.414 e. The summed E-state index contributed by atoms with van der Waals surface area (Å²) in [6.07, 6.45) is -8.06. The first-order valence-electron chi connectivity index (χ1n) is 3.95. The first kappa shape index (κ1) is 16.5. The van der Waals surface area contributed by atoms with E-state index in [9.17, 15) is 30.4 Å². The van der Waals surface area contributed by atoms with Crippen LogP contribution in [0.3, 0.4) is 0 Å². The summed E-state index contributed by atoms with van der Waals surface area (Å²) in [5.74, 6) is -5.76. The summed E-state index contributed by atoms with van der Waals surface area (Å²) >= 11 is 0. The van der Waals surface area contributed by atoms with Crippen LogP contribution in [0.25, 0.3) is 0 Å². The number of ether oxygens (including phenoxy) is 2. The topological polar surface area (TPSA) is 72.8 Å². The van der Waals surface area contributed by atoms with Crippen LogP contribution < -0.4 is 0 Å². The Balaban J connectivity index is 4.55. The predicted molar refractivity (Wildman–Crippen MR) is 43.9 cm³/mol. The molecule has 104 valence electrons. The maximum absolute atomic E-state index is 13.1. The molecule has 0 aromatic heterocycles. The summed E-state index contributed by atoms with van der Waals surface area (Å²) in [6.45, 7) is -1.69. The van der Waals surface area contributed by atoms with E-state index in [0.29, 0.717) is 0 Å². The fourth-order valence-electron chi connectivity index (χ4n) is 0.566. The minimum absolute atomic E-state index is 0.0731. The molecule has 0 fully saturated rings. The van der Waals surface area contributed by atoms with E-state index in [1.807, 2.05) is 0 Å². The minimum Gasteiger partial charge on any atom is -0.320 e. The van der Waals surface area contributed by atoms with Gasteiger partial charge in [-0.2, -0.15) is 17.2 Å². The van der Waals surface area contributed by atoms with E-state index >= 15 is 0 Å². The molecule has 0 aliphatic heterocycles. The van der Waals surface area contributed by atoms with Gasteiger partial charge in [0.15, 0.2) is 5.94 Å². The summed E-state index contributed by atoms with van der Waals surface area (Å²) in [7, 11) is -4.85. The number of halogens is 5. The Hall–Kier alpha value is -0.520. The van der Waals surface area contributed by atoms with Gasteiger partial charge >= 0.3 is 6.11 Å². The highest BCUT2D eigenvalue weighted by molar-refractivity contribution is 7.85. The van der Waals surface area contributed by atoms with Crippen molar-refractivity contribution >= 4 is 10.1 Å². The van der Waals surface area contributed by atoms with Crippen LogP contribution in [-0.2, 0) is 19.6 Å². The summed E-state index contributed by atoms with van der Waals surface area (Å²) in [5, 5.41) is 0. The van der Waals surface area contributed by atoms with Gasteiger partial charge in [-0.05, 0) is 0 Å². The molecule has 0 aliphatic carbocycles. The van der Waals surface area contributed by atoms with E-state index in [1.54, 1.807) is 0 Å². The van der Waals surface area contributed by atoms with Gasteiger partial charge in [0.1, 0.15) is 6.61 Å². The van der Waals surface area contributed by atoms with E-state index < -0.39 is 41.1 Å². The molecule has 0 rings (SSSR count). The van der Waals surface area contributed by atoms with Gasteiger partial charge in [0.05, 0.1) is 0 Å². The molecule has 0 saturated carbocycles. The molecular formula is C6H9F5O5S. The lowest BCUT2D eigenvalue weighted by atomic mass is 10.3. The van der Waals surface area contributed by atoms with E-state index in [-0.39, 0.29) is 6.92 Å². The third-order valence-electron chi connectivity index (χ3n) is 1.39. The van der Waals surface area contributed by atoms with Gasteiger partial charge in [-0.1, -0.05) is 0 Å². The van der Waals surface area contributed by atoms with Crippen LogP contribution in [0.2, 0.25) is 0 Å². The Labute approximate surface area is 93.2 Å². The second-order valence-corrected chi connectivity index (χ2v) is 4.38. The fourth-order valence-corrected chi connectivity index (χ4v) is 0.936. The molecule has 0 saturated heterocycles. The molecule has 5 nitrogen and oxygen atoms in total. The molecule has 1 N–H and O–H groups in total. The summed E-state index contributed by atoms with van der Waals surface area (Å²) < 4.78 is 97.1. The molecule has 0 bridgehead atoms. The van der Waals surface area contributed by atoms with E-state index in [2.05, 4.69) is 9.47 Å². The van der Waals surface area contributed by atoms with Crippen molar-refractivity contribution in [2.24, 2.45) is 0 Å². The Morgan fingerprint density at radius 2 is 1.71 bits per heavy atom. The smallest absolute Gasteiger partial charge is 0.320 e. The number of alkyl halides is 5. The van der Waals surface area contributed by atoms with E-state index in [4.69, 9.17) is 4.55 Å². The molecule has 1 atom stereocenters. The van der Waals surface area contributed by atoms with Crippen molar-refractivity contribution in [2.45, 2.75) is 25.3 Å². The lowest BCUT2D eigenvalue weighted by Gasteiger charge is -2.28. The highest BCUT2D eigenvalue weighted by atomic mass is 32.2. The highest BCUT2D eigenvalue weighted by Crippen LogP contribution is 2.35. The molecule has 1 unspecified atom stereocenters. The number of hydrogen-bond donors (Lipinski definition) is 1. The van der Waals surface area contributed by atoms with Gasteiger partial charge in [0.25, 0.3) is 22.4 Å². The zero-order chi connectivity index (χ0) is 13.9. The summed E-state index contributed by atoms with van der Waals surface area (Å²) in [5.41, 5.74) is 0. The standard InChI is InChI=1S/C6H9F5O5S/c1-5(9,16-3-17(12,13)14)6(10,11)15-2-4(7)8/h4H,2-3H2,1H3,(H,12,13,14). The van der Waals surface area contributed by atoms with Gasteiger partial charge in [0, 0.05) is 6.92 Å². The fraction of sp³-hybridized carbons (Fsp3) is 1.00. The molecular weight excluding hydrogens is 279 g/mol. The van der Waals surface area contributed by atoms with Gasteiger partial charge in [-0.3, -0.25) is 4.55 Å². The van der Waals surface area contributed by atoms with Gasteiger partial charge in [0.2, 0.25) is 0 Å². The van der Waals surface area contributed by atoms with Gasteiger partial charge < -0.3 is 9.47 Å². The highest BCUT2D eigenvalue weighted by Gasteiger charge is 2.55. The Morgan fingerprint density at radius 1 is 1.24 bits per heavy atom. The maximum Gasteiger partial charge on any atom is 0.414 e. The average Bonchev–Trinajstić information content (AvgIpc) is 2.10. The quantitative estimate of drug-likeness (QED) is 0.566. The predicted octanol–water partition coefficient (Wildman–Crippen LogP) is 1.41. The van der Waals surface area contributed by atoms with Crippen LogP contribution in [0.4, 0.5) is 22.0 Å². The van der Waals surface area contributed by atoms with Crippen LogP contribution in [-0.4, -0.2) is 43.9 Å². The Kier molecular flexibility index (Phi) is 5.25. The van der Waals surface area contributed by atoms with Crippen LogP contribution in [0, 0.1) is 0 Å². The van der Waals surface area contributed by atoms with Crippen molar-refractivity contribution in [1.29, 1.82) is 0 Å². The molecule has 0 aromatic rings. The normalized spacial score (nSPS) is 17.2. The molecule has 0 radical (unpaired) electrons. The van der Waals surface area contributed by atoms with Crippen molar-refractivity contribution in [3.8, 4) is 0 Å². The first-order chi connectivity index (χ1) is 7.37. The van der Waals surface area contributed by atoms with E-state index in [1.165, 1.54) is 0 Å². The number of rotatable bonds is 7. The minimum atomic E-state index is -4.85. The summed E-state index contributed by atoms with van der Waals surface area (Å²) in [4.78, 5) is 0. The lowest BCUT2D eigenvalue weighted by molar-refractivity contribution is -0.377. The lowest BCUT2D eigenvalue weighted by Crippen LogP contribution is -2.47. The van der Waals surface area contributed by atoms with Crippen molar-refractivity contribution in [2.75, 3.05) is 12.5 Å². The monoisotopic (exact) mass is 288 g/mol. The van der Waals surface area contributed by atoms with Crippen molar-refractivity contribution < 1.29 is 44.4 Å². The second kappa shape index (κ2) is 5.42. The molecule has 17 heavy (non-hydrogen) atoms. The van der Waals surface area contributed by atoms with Crippen molar-refractivity contribution in [3.63, 3.8) is 0 Å². The van der Waals surface area contributed by atoms with Crippen LogP contribution >= 0.6 is 0 Å². The third-order valence-corrected chi connectivity index (χ3v) is 1.81. The Morgan fingerprint density at radius 3 is 2.06 bits per heavy atom. The first-order valence-corrected chi connectivity index (χ1v) is 5.56. The molecule has 0 aliphatic rings. The van der Waals surface area contributed by atoms with Crippen LogP contribution in [0.1, 0.15) is 6.92 Å². The molecule has 0 aromatic carbocycles. The van der Waals surface area contributed by atoms with Gasteiger partial charge in [-0.25, -0.2) is 13.2 Å². The third kappa shape index (κ3) is 6.10. The van der Waals surface area contributed by atoms with E-state index in [0.717, 1.165) is 0 Å². The van der Waals surface area contributed by atoms with Crippen LogP contribution in [0.15, 0.2) is 0 Å². The zero-order valence-electron chi connectivity index (χ0n) is 8.37. The molecule has 0 heterocycles. The number of hydrogen-bond acceptors (Lipinski definition) is 4. The maximum atomic E-state index is 13.1. The van der Waals surface area contributed by atoms with Gasteiger partial charge in [-0.15, -0.1) is 0 Å². The van der Waals surface area contributed by atoms with Crippen LogP contribution in [0.5, 0.6) is 0 Å². The molecule has 11 heteroatoms. The second-order valence-electron chi connectivity index (χ2n) is 2.98. The van der Waals surface area contributed by atoms with Crippen molar-refractivity contribution in [3.05, 3.63) is 0 Å². The Bertz CT molecular complexity index is 341. The SMILES string of the molecule is CC(F)(OCS(=O)(=O)O)C(F)(F)OCC(F)F. The molecule has 0 spiro atoms. The molecule has 0 amide bonds.